The van der Waals surface area contributed by atoms with Crippen molar-refractivity contribution in [2.75, 3.05) is 6.61 Å². The van der Waals surface area contributed by atoms with Crippen molar-refractivity contribution in [3.8, 4) is 0 Å². The van der Waals surface area contributed by atoms with E-state index in [0.717, 1.165) is 6.42 Å². The molecule has 0 amide bonds. The molecule has 0 unspecified atom stereocenters. The number of esters is 1. The van der Waals surface area contributed by atoms with E-state index < -0.39 is 0 Å². The van der Waals surface area contributed by atoms with E-state index in [9.17, 15) is 4.79 Å². The Labute approximate surface area is 69.1 Å². The smallest absolute Gasteiger partial charge is 0.319 e. The van der Waals surface area contributed by atoms with Crippen molar-refractivity contribution < 1.29 is 9.53 Å². The highest BCUT2D eigenvalue weighted by Crippen LogP contribution is 2.30. The van der Waals surface area contributed by atoms with Crippen molar-refractivity contribution in [2.24, 2.45) is 5.41 Å². The van der Waals surface area contributed by atoms with E-state index in [2.05, 4.69) is 29.8 Å². The summed E-state index contributed by atoms with van der Waals surface area (Å²) in [6.07, 6.45) is 0.867. The number of ether oxygens (including phenoxy) is 1. The van der Waals surface area contributed by atoms with Crippen molar-refractivity contribution in [3.05, 3.63) is 0 Å². The van der Waals surface area contributed by atoms with Gasteiger partial charge in [0.15, 0.2) is 0 Å². The van der Waals surface area contributed by atoms with Gasteiger partial charge >= 0.3 is 5.97 Å². The Morgan fingerprint density at radius 1 is 1.70 bits per heavy atom. The molecule has 0 aliphatic carbocycles. The molecule has 1 aliphatic rings. The Morgan fingerprint density at radius 3 is 2.70 bits per heavy atom. The largest absolute Gasteiger partial charge is 0.464 e. The van der Waals surface area contributed by atoms with Gasteiger partial charge in [-0.2, -0.15) is 0 Å². The lowest BCUT2D eigenvalue weighted by Crippen LogP contribution is -2.36. The lowest BCUT2D eigenvalue weighted by molar-refractivity contribution is -0.151. The molecule has 2 nitrogen and oxygen atoms in total. The first-order valence-electron chi connectivity index (χ1n) is 3.32. The van der Waals surface area contributed by atoms with Crippen LogP contribution >= 0.6 is 15.9 Å². The topological polar surface area (TPSA) is 26.3 Å². The average molecular weight is 207 g/mol. The Morgan fingerprint density at radius 2 is 2.30 bits per heavy atom. The Kier molecular flexibility index (Phi) is 2.04. The first-order chi connectivity index (χ1) is 4.51. The lowest BCUT2D eigenvalue weighted by Gasteiger charge is -2.31. The van der Waals surface area contributed by atoms with Gasteiger partial charge in [-0.3, -0.25) is 4.79 Å². The molecule has 1 atom stereocenters. The molecule has 3 heteroatoms. The summed E-state index contributed by atoms with van der Waals surface area (Å²) < 4.78 is 4.92. The molecular formula is C7H11BrO2. The quantitative estimate of drug-likeness (QED) is 0.446. The summed E-state index contributed by atoms with van der Waals surface area (Å²) in [6, 6.07) is 0. The van der Waals surface area contributed by atoms with Gasteiger partial charge in [-0.05, 0) is 6.42 Å². The summed E-state index contributed by atoms with van der Waals surface area (Å²) in [6.45, 7) is 4.73. The normalized spacial score (nSPS) is 31.5. The van der Waals surface area contributed by atoms with Crippen LogP contribution in [-0.4, -0.2) is 17.4 Å². The van der Waals surface area contributed by atoms with E-state index in [1.807, 2.05) is 0 Å². The second-order valence-electron chi connectivity index (χ2n) is 3.44. The number of carbonyl (C=O) groups excluding carboxylic acids is 1. The van der Waals surface area contributed by atoms with Gasteiger partial charge in [-0.1, -0.05) is 29.8 Å². The summed E-state index contributed by atoms with van der Waals surface area (Å²) in [5, 5.41) is 0. The molecule has 1 aliphatic heterocycles. The third-order valence-corrected chi connectivity index (χ3v) is 2.29. The first kappa shape index (κ1) is 8.05. The van der Waals surface area contributed by atoms with Crippen LogP contribution in [-0.2, 0) is 9.53 Å². The summed E-state index contributed by atoms with van der Waals surface area (Å²) in [5.41, 5.74) is 0.141. The summed E-state index contributed by atoms with van der Waals surface area (Å²) in [4.78, 5) is 10.7. The van der Waals surface area contributed by atoms with Gasteiger partial charge < -0.3 is 4.74 Å². The average Bonchev–Trinajstić information content (AvgIpc) is 1.79. The number of alkyl halides is 1. The zero-order chi connectivity index (χ0) is 7.78. The maximum atomic E-state index is 10.8. The fraction of sp³-hybridized carbons (Fsp3) is 0.857. The maximum absolute atomic E-state index is 10.8. The van der Waals surface area contributed by atoms with Crippen LogP contribution in [0.1, 0.15) is 20.3 Å². The fourth-order valence-corrected chi connectivity index (χ4v) is 1.99. The zero-order valence-electron chi connectivity index (χ0n) is 6.19. The molecule has 58 valence electrons. The fourth-order valence-electron chi connectivity index (χ4n) is 0.984. The number of hydrogen-bond acceptors (Lipinski definition) is 2. The second-order valence-corrected chi connectivity index (χ2v) is 4.55. The third kappa shape index (κ3) is 1.72. The van der Waals surface area contributed by atoms with Gasteiger partial charge in [0.1, 0.15) is 4.83 Å². The molecule has 1 fully saturated rings. The van der Waals surface area contributed by atoms with Crippen LogP contribution < -0.4 is 0 Å². The number of cyclic esters (lactones) is 1. The molecule has 0 aromatic heterocycles. The molecule has 10 heavy (non-hydrogen) atoms. The van der Waals surface area contributed by atoms with Crippen LogP contribution in [0.25, 0.3) is 0 Å². The Balaban J connectivity index is 2.57. The Bertz CT molecular complexity index is 154. The SMILES string of the molecule is CC1(C)COC(=O)[C@@H](Br)C1. The van der Waals surface area contributed by atoms with Crippen molar-refractivity contribution in [1.29, 1.82) is 0 Å². The van der Waals surface area contributed by atoms with Crippen LogP contribution in [0.3, 0.4) is 0 Å². The van der Waals surface area contributed by atoms with E-state index in [1.54, 1.807) is 0 Å². The molecule has 0 spiro atoms. The van der Waals surface area contributed by atoms with Gasteiger partial charge in [0, 0.05) is 5.41 Å². The van der Waals surface area contributed by atoms with Crippen molar-refractivity contribution >= 4 is 21.9 Å². The number of hydrogen-bond donors (Lipinski definition) is 0. The third-order valence-electron chi connectivity index (χ3n) is 1.59. The van der Waals surface area contributed by atoms with Crippen molar-refractivity contribution in [3.63, 3.8) is 0 Å². The minimum absolute atomic E-state index is 0.101. The van der Waals surface area contributed by atoms with Gasteiger partial charge in [0.05, 0.1) is 6.61 Å². The van der Waals surface area contributed by atoms with Crippen molar-refractivity contribution in [2.45, 2.75) is 25.1 Å². The maximum Gasteiger partial charge on any atom is 0.319 e. The van der Waals surface area contributed by atoms with Crippen LogP contribution in [0.2, 0.25) is 0 Å². The molecule has 0 saturated carbocycles. The van der Waals surface area contributed by atoms with E-state index in [0.29, 0.717) is 6.61 Å². The molecule has 0 N–H and O–H groups in total. The molecule has 1 rings (SSSR count). The minimum Gasteiger partial charge on any atom is -0.464 e. The van der Waals surface area contributed by atoms with E-state index in [1.165, 1.54) is 0 Å². The lowest BCUT2D eigenvalue weighted by atomic mass is 9.87. The molecule has 0 bridgehead atoms. The van der Waals surface area contributed by atoms with Crippen LogP contribution in [0.4, 0.5) is 0 Å². The minimum atomic E-state index is -0.126. The van der Waals surface area contributed by atoms with Gasteiger partial charge in [-0.15, -0.1) is 0 Å². The van der Waals surface area contributed by atoms with Crippen LogP contribution in [0.15, 0.2) is 0 Å². The van der Waals surface area contributed by atoms with Gasteiger partial charge in [-0.25, -0.2) is 0 Å². The highest BCUT2D eigenvalue weighted by molar-refractivity contribution is 9.10. The summed E-state index contributed by atoms with van der Waals surface area (Å²) in [7, 11) is 0. The summed E-state index contributed by atoms with van der Waals surface area (Å²) >= 11 is 3.25. The summed E-state index contributed by atoms with van der Waals surface area (Å²) in [5.74, 6) is -0.126. The second kappa shape index (κ2) is 2.53. The van der Waals surface area contributed by atoms with Gasteiger partial charge in [0.25, 0.3) is 0 Å². The van der Waals surface area contributed by atoms with E-state index in [-0.39, 0.29) is 16.2 Å². The molecule has 0 radical (unpaired) electrons. The number of halogens is 1. The predicted octanol–water partition coefficient (Wildman–Crippen LogP) is 1.72. The van der Waals surface area contributed by atoms with E-state index >= 15 is 0 Å². The number of rotatable bonds is 0. The zero-order valence-corrected chi connectivity index (χ0v) is 7.77. The van der Waals surface area contributed by atoms with Crippen molar-refractivity contribution in [1.82, 2.24) is 0 Å². The highest BCUT2D eigenvalue weighted by Gasteiger charge is 2.33. The molecule has 1 heterocycles. The van der Waals surface area contributed by atoms with Crippen LogP contribution in [0.5, 0.6) is 0 Å². The van der Waals surface area contributed by atoms with Gasteiger partial charge in [0.2, 0.25) is 0 Å². The first-order valence-corrected chi connectivity index (χ1v) is 4.23. The number of carbonyl (C=O) groups is 1. The molecule has 0 aromatic carbocycles. The Hall–Kier alpha value is -0.0500. The molecule has 0 aromatic rings. The highest BCUT2D eigenvalue weighted by atomic mass is 79.9. The molecule has 1 saturated heterocycles. The monoisotopic (exact) mass is 206 g/mol. The predicted molar refractivity (Wildman–Crippen MR) is 42.1 cm³/mol. The van der Waals surface area contributed by atoms with Crippen LogP contribution in [0, 0.1) is 5.41 Å². The molecular weight excluding hydrogens is 196 g/mol. The standard InChI is InChI=1S/C7H11BrO2/c1-7(2)3-5(8)6(9)10-4-7/h5H,3-4H2,1-2H3/t5-/m0/s1. The van der Waals surface area contributed by atoms with E-state index in [4.69, 9.17) is 4.74 Å².